The molecule has 0 unspecified atom stereocenters. The summed E-state index contributed by atoms with van der Waals surface area (Å²) in [5.74, 6) is 0.865. The Bertz CT molecular complexity index is 1200. The molecule has 0 aliphatic carbocycles. The topological polar surface area (TPSA) is 65.1 Å². The third-order valence-corrected chi connectivity index (χ3v) is 5.89. The van der Waals surface area contributed by atoms with Gasteiger partial charge in [0.25, 0.3) is 0 Å². The number of amides is 1. The SMILES string of the molecule is CCOc1cc2c(cc1OCC)[C@@H](c1cccc(C)c1)N(c1ccc(C(=O)OC)cc1)C(=O)C2. The van der Waals surface area contributed by atoms with E-state index in [1.165, 1.54) is 7.11 Å². The van der Waals surface area contributed by atoms with Crippen LogP contribution in [-0.4, -0.2) is 32.2 Å². The van der Waals surface area contributed by atoms with Crippen molar-refractivity contribution in [2.45, 2.75) is 33.2 Å². The number of carbonyl (C=O) groups excluding carboxylic acids is 2. The van der Waals surface area contributed by atoms with E-state index >= 15 is 0 Å². The fourth-order valence-electron chi connectivity index (χ4n) is 4.43. The smallest absolute Gasteiger partial charge is 0.337 e. The van der Waals surface area contributed by atoms with Gasteiger partial charge >= 0.3 is 5.97 Å². The highest BCUT2D eigenvalue weighted by atomic mass is 16.5. The quantitative estimate of drug-likeness (QED) is 0.451. The third-order valence-electron chi connectivity index (χ3n) is 5.89. The van der Waals surface area contributed by atoms with Crippen molar-refractivity contribution in [3.8, 4) is 11.5 Å². The van der Waals surface area contributed by atoms with Gasteiger partial charge in [0, 0.05) is 5.69 Å². The molecule has 4 rings (SSSR count). The maximum absolute atomic E-state index is 13.5. The van der Waals surface area contributed by atoms with Gasteiger partial charge in [0.2, 0.25) is 5.91 Å². The molecule has 1 heterocycles. The molecule has 0 spiro atoms. The third kappa shape index (κ3) is 4.49. The number of ether oxygens (including phenoxy) is 3. The Morgan fingerprint density at radius 3 is 2.26 bits per heavy atom. The molecule has 0 bridgehead atoms. The lowest BCUT2D eigenvalue weighted by Crippen LogP contribution is -2.41. The van der Waals surface area contributed by atoms with Crippen molar-refractivity contribution in [1.29, 1.82) is 0 Å². The van der Waals surface area contributed by atoms with Gasteiger partial charge in [0.05, 0.1) is 38.3 Å². The summed E-state index contributed by atoms with van der Waals surface area (Å²) in [5, 5.41) is 0. The Morgan fingerprint density at radius 2 is 1.65 bits per heavy atom. The lowest BCUT2D eigenvalue weighted by molar-refractivity contribution is -0.118. The first-order valence-corrected chi connectivity index (χ1v) is 11.5. The largest absolute Gasteiger partial charge is 0.490 e. The molecule has 1 atom stereocenters. The normalized spacial score (nSPS) is 15.0. The molecule has 176 valence electrons. The van der Waals surface area contributed by atoms with Crippen molar-refractivity contribution < 1.29 is 23.8 Å². The van der Waals surface area contributed by atoms with Crippen LogP contribution in [0.3, 0.4) is 0 Å². The Kier molecular flexibility index (Phi) is 6.87. The van der Waals surface area contributed by atoms with Crippen LogP contribution in [0.2, 0.25) is 0 Å². The number of aryl methyl sites for hydroxylation is 1. The number of nitrogens with zero attached hydrogens (tertiary/aromatic N) is 1. The van der Waals surface area contributed by atoms with Crippen LogP contribution in [0.1, 0.15) is 52.5 Å². The molecule has 34 heavy (non-hydrogen) atoms. The van der Waals surface area contributed by atoms with Gasteiger partial charge in [0.1, 0.15) is 0 Å². The van der Waals surface area contributed by atoms with Crippen molar-refractivity contribution in [3.05, 3.63) is 88.5 Å². The highest BCUT2D eigenvalue weighted by Crippen LogP contribution is 2.43. The van der Waals surface area contributed by atoms with E-state index in [0.29, 0.717) is 36.0 Å². The van der Waals surface area contributed by atoms with E-state index in [0.717, 1.165) is 22.3 Å². The Balaban J connectivity index is 1.88. The van der Waals surface area contributed by atoms with Crippen LogP contribution < -0.4 is 14.4 Å². The summed E-state index contributed by atoms with van der Waals surface area (Å²) in [7, 11) is 1.35. The molecule has 0 fully saturated rings. The molecule has 1 amide bonds. The zero-order valence-corrected chi connectivity index (χ0v) is 20.0. The first-order valence-electron chi connectivity index (χ1n) is 11.5. The predicted octanol–water partition coefficient (Wildman–Crippen LogP) is 5.26. The second-order valence-electron chi connectivity index (χ2n) is 8.16. The van der Waals surface area contributed by atoms with Gasteiger partial charge in [-0.15, -0.1) is 0 Å². The number of esters is 1. The van der Waals surface area contributed by atoms with E-state index in [1.54, 1.807) is 29.2 Å². The predicted molar refractivity (Wildman–Crippen MR) is 131 cm³/mol. The second kappa shape index (κ2) is 10.00. The van der Waals surface area contributed by atoms with Crippen LogP contribution in [-0.2, 0) is 16.0 Å². The lowest BCUT2D eigenvalue weighted by Gasteiger charge is -2.38. The molecule has 0 radical (unpaired) electrons. The summed E-state index contributed by atoms with van der Waals surface area (Å²) in [6.45, 7) is 6.91. The molecule has 6 heteroatoms. The fraction of sp³-hybridized carbons (Fsp3) is 0.286. The van der Waals surface area contributed by atoms with Crippen molar-refractivity contribution in [1.82, 2.24) is 0 Å². The van der Waals surface area contributed by atoms with E-state index in [2.05, 4.69) is 6.07 Å². The number of anilines is 1. The molecule has 0 aromatic heterocycles. The molecule has 6 nitrogen and oxygen atoms in total. The summed E-state index contributed by atoms with van der Waals surface area (Å²) in [6, 6.07) is 18.7. The maximum atomic E-state index is 13.5. The van der Waals surface area contributed by atoms with Gasteiger partial charge < -0.3 is 19.1 Å². The minimum atomic E-state index is -0.415. The lowest BCUT2D eigenvalue weighted by atomic mass is 9.86. The van der Waals surface area contributed by atoms with Crippen LogP contribution in [0.15, 0.2) is 60.7 Å². The highest BCUT2D eigenvalue weighted by Gasteiger charge is 2.36. The minimum absolute atomic E-state index is 0.0311. The molecule has 3 aromatic carbocycles. The second-order valence-corrected chi connectivity index (χ2v) is 8.16. The molecule has 0 N–H and O–H groups in total. The van der Waals surface area contributed by atoms with Gasteiger partial charge in [-0.05, 0) is 73.9 Å². The molecule has 1 aliphatic heterocycles. The zero-order valence-electron chi connectivity index (χ0n) is 20.0. The average molecular weight is 460 g/mol. The number of hydrogen-bond acceptors (Lipinski definition) is 5. The number of methoxy groups -OCH3 is 1. The standard InChI is InChI=1S/C28H29NO5/c1-5-33-24-15-21-16-26(30)29(22-12-10-19(11-13-22)28(31)32-4)27(20-9-7-8-18(3)14-20)23(21)17-25(24)34-6-2/h7-15,17,27H,5-6,16H2,1-4H3/t27-/m1/s1. The van der Waals surface area contributed by atoms with E-state index in [4.69, 9.17) is 14.2 Å². The summed E-state index contributed by atoms with van der Waals surface area (Å²) in [4.78, 5) is 27.3. The van der Waals surface area contributed by atoms with Crippen LogP contribution in [0.5, 0.6) is 11.5 Å². The molecule has 0 saturated carbocycles. The maximum Gasteiger partial charge on any atom is 0.337 e. The van der Waals surface area contributed by atoms with E-state index < -0.39 is 5.97 Å². The summed E-state index contributed by atoms with van der Waals surface area (Å²) >= 11 is 0. The van der Waals surface area contributed by atoms with Gasteiger partial charge in [-0.2, -0.15) is 0 Å². The number of hydrogen-bond donors (Lipinski definition) is 0. The highest BCUT2D eigenvalue weighted by molar-refractivity contribution is 5.99. The zero-order chi connectivity index (χ0) is 24.2. The average Bonchev–Trinajstić information content (AvgIpc) is 2.84. The van der Waals surface area contributed by atoms with E-state index in [9.17, 15) is 9.59 Å². The van der Waals surface area contributed by atoms with Crippen LogP contribution >= 0.6 is 0 Å². The fourth-order valence-corrected chi connectivity index (χ4v) is 4.43. The summed E-state index contributed by atoms with van der Waals surface area (Å²) in [6.07, 6.45) is 0.239. The van der Waals surface area contributed by atoms with Gasteiger partial charge in [0.15, 0.2) is 11.5 Å². The number of fused-ring (bicyclic) bond motifs is 1. The Labute approximate surface area is 200 Å². The molecule has 3 aromatic rings. The van der Waals surface area contributed by atoms with Crippen LogP contribution in [0.25, 0.3) is 0 Å². The van der Waals surface area contributed by atoms with E-state index in [-0.39, 0.29) is 18.4 Å². The van der Waals surface area contributed by atoms with Crippen molar-refractivity contribution in [2.24, 2.45) is 0 Å². The minimum Gasteiger partial charge on any atom is -0.490 e. The van der Waals surface area contributed by atoms with Gasteiger partial charge in [-0.1, -0.05) is 29.8 Å². The first-order chi connectivity index (χ1) is 16.5. The van der Waals surface area contributed by atoms with Crippen molar-refractivity contribution in [3.63, 3.8) is 0 Å². The monoisotopic (exact) mass is 459 g/mol. The summed E-state index contributed by atoms with van der Waals surface area (Å²) in [5.41, 5.74) is 5.16. The first kappa shape index (κ1) is 23.4. The molecule has 0 saturated heterocycles. The van der Waals surface area contributed by atoms with E-state index in [1.807, 2.05) is 51.1 Å². The molecular weight excluding hydrogens is 430 g/mol. The number of benzene rings is 3. The van der Waals surface area contributed by atoms with Gasteiger partial charge in [-0.25, -0.2) is 4.79 Å². The number of carbonyl (C=O) groups is 2. The van der Waals surface area contributed by atoms with Crippen LogP contribution in [0.4, 0.5) is 5.69 Å². The van der Waals surface area contributed by atoms with Crippen molar-refractivity contribution >= 4 is 17.6 Å². The van der Waals surface area contributed by atoms with Crippen molar-refractivity contribution in [2.75, 3.05) is 25.2 Å². The van der Waals surface area contributed by atoms with Crippen LogP contribution in [0, 0.1) is 6.92 Å². The Hall–Kier alpha value is -3.80. The summed E-state index contributed by atoms with van der Waals surface area (Å²) < 4.78 is 16.5. The number of rotatable bonds is 7. The molecule has 1 aliphatic rings. The van der Waals surface area contributed by atoms with Gasteiger partial charge in [-0.3, -0.25) is 4.79 Å². The molecular formula is C28H29NO5. The Morgan fingerprint density at radius 1 is 0.971 bits per heavy atom.